The third kappa shape index (κ3) is 6.79. The molecule has 1 N–H and O–H groups in total. The summed E-state index contributed by atoms with van der Waals surface area (Å²) in [6.07, 6.45) is 0.223. The van der Waals surface area contributed by atoms with Crippen LogP contribution in [0.25, 0.3) is 0 Å². The first kappa shape index (κ1) is 17.0. The van der Waals surface area contributed by atoms with Crippen LogP contribution in [0.15, 0.2) is 30.3 Å². The molecule has 0 saturated carbocycles. The third-order valence-electron chi connectivity index (χ3n) is 2.97. The Bertz CT molecular complexity index is 446. The number of nitrogens with zero attached hydrogens (tertiary/aromatic N) is 1. The molecule has 1 amide bonds. The van der Waals surface area contributed by atoms with Crippen molar-refractivity contribution >= 4 is 17.6 Å². The molecular formula is C16H24N2O3. The lowest BCUT2D eigenvalue weighted by molar-refractivity contribution is -0.141. The zero-order chi connectivity index (χ0) is 15.7. The van der Waals surface area contributed by atoms with Crippen LogP contribution in [0.2, 0.25) is 0 Å². The summed E-state index contributed by atoms with van der Waals surface area (Å²) in [6.45, 7) is 5.33. The molecule has 1 aromatic carbocycles. The van der Waals surface area contributed by atoms with Gasteiger partial charge in [-0.25, -0.2) is 0 Å². The molecule has 0 unspecified atom stereocenters. The van der Waals surface area contributed by atoms with Gasteiger partial charge in [-0.1, -0.05) is 32.0 Å². The third-order valence-corrected chi connectivity index (χ3v) is 2.97. The second-order valence-corrected chi connectivity index (χ2v) is 5.28. The summed E-state index contributed by atoms with van der Waals surface area (Å²) in [6, 6.07) is 9.57. The van der Waals surface area contributed by atoms with E-state index < -0.39 is 0 Å². The molecule has 0 aliphatic heterocycles. The number of nitrogens with one attached hydrogen (secondary N) is 1. The number of methoxy groups -OCH3 is 1. The highest BCUT2D eigenvalue weighted by molar-refractivity contribution is 5.81. The van der Waals surface area contributed by atoms with Gasteiger partial charge < -0.3 is 15.0 Å². The van der Waals surface area contributed by atoms with Gasteiger partial charge in [0, 0.05) is 18.8 Å². The molecule has 0 bridgehead atoms. The van der Waals surface area contributed by atoms with E-state index in [0.717, 1.165) is 5.69 Å². The largest absolute Gasteiger partial charge is 0.469 e. The molecule has 0 saturated heterocycles. The maximum atomic E-state index is 12.3. The minimum atomic E-state index is -0.299. The summed E-state index contributed by atoms with van der Waals surface area (Å²) in [7, 11) is 1.36. The van der Waals surface area contributed by atoms with Gasteiger partial charge >= 0.3 is 5.97 Å². The molecule has 0 heterocycles. The van der Waals surface area contributed by atoms with E-state index in [-0.39, 0.29) is 24.8 Å². The summed E-state index contributed by atoms with van der Waals surface area (Å²) < 4.78 is 4.62. The minimum absolute atomic E-state index is 0.0172. The van der Waals surface area contributed by atoms with Gasteiger partial charge in [0.25, 0.3) is 0 Å². The van der Waals surface area contributed by atoms with Crippen molar-refractivity contribution in [3.05, 3.63) is 30.3 Å². The van der Waals surface area contributed by atoms with Gasteiger partial charge in [0.1, 0.15) is 0 Å². The predicted molar refractivity (Wildman–Crippen MR) is 83.0 cm³/mol. The van der Waals surface area contributed by atoms with Crippen LogP contribution in [0, 0.1) is 5.92 Å². The van der Waals surface area contributed by atoms with Crippen molar-refractivity contribution in [1.29, 1.82) is 0 Å². The van der Waals surface area contributed by atoms with Crippen LogP contribution in [-0.2, 0) is 14.3 Å². The summed E-state index contributed by atoms with van der Waals surface area (Å²) >= 11 is 0. The monoisotopic (exact) mass is 292 g/mol. The molecule has 5 nitrogen and oxygen atoms in total. The van der Waals surface area contributed by atoms with E-state index in [1.54, 1.807) is 4.90 Å². The number of benzene rings is 1. The van der Waals surface area contributed by atoms with Crippen molar-refractivity contribution in [2.24, 2.45) is 5.92 Å². The van der Waals surface area contributed by atoms with E-state index in [9.17, 15) is 9.59 Å². The van der Waals surface area contributed by atoms with Crippen LogP contribution in [-0.4, -0.2) is 43.5 Å². The van der Waals surface area contributed by atoms with Crippen molar-refractivity contribution in [2.45, 2.75) is 20.3 Å². The zero-order valence-corrected chi connectivity index (χ0v) is 13.0. The summed E-state index contributed by atoms with van der Waals surface area (Å²) in [4.78, 5) is 25.2. The van der Waals surface area contributed by atoms with Gasteiger partial charge in [-0.2, -0.15) is 0 Å². The molecule has 1 rings (SSSR count). The van der Waals surface area contributed by atoms with E-state index in [1.807, 2.05) is 44.2 Å². The fourth-order valence-electron chi connectivity index (χ4n) is 1.93. The SMILES string of the molecule is COC(=O)CCN(CC(C)C)C(=O)CNc1ccccc1. The van der Waals surface area contributed by atoms with Gasteiger partial charge in [0.05, 0.1) is 20.1 Å². The highest BCUT2D eigenvalue weighted by atomic mass is 16.5. The van der Waals surface area contributed by atoms with E-state index >= 15 is 0 Å². The molecule has 0 aliphatic rings. The number of esters is 1. The summed E-state index contributed by atoms with van der Waals surface area (Å²) in [5.41, 5.74) is 0.906. The number of ether oxygens (including phenoxy) is 1. The van der Waals surface area contributed by atoms with Crippen LogP contribution in [0.1, 0.15) is 20.3 Å². The smallest absolute Gasteiger partial charge is 0.307 e. The molecule has 0 radical (unpaired) electrons. The summed E-state index contributed by atoms with van der Waals surface area (Å²) in [5.74, 6) is 0.0346. The van der Waals surface area contributed by atoms with E-state index in [0.29, 0.717) is 19.0 Å². The van der Waals surface area contributed by atoms with E-state index in [1.165, 1.54) is 7.11 Å². The Morgan fingerprint density at radius 2 is 1.90 bits per heavy atom. The predicted octanol–water partition coefficient (Wildman–Crippen LogP) is 2.15. The summed E-state index contributed by atoms with van der Waals surface area (Å²) in [5, 5.41) is 3.09. The molecule has 5 heteroatoms. The number of hydrogen-bond donors (Lipinski definition) is 1. The van der Waals surface area contributed by atoms with Crippen LogP contribution in [0.3, 0.4) is 0 Å². The highest BCUT2D eigenvalue weighted by Gasteiger charge is 2.16. The van der Waals surface area contributed by atoms with Crippen molar-refractivity contribution in [1.82, 2.24) is 4.90 Å². The van der Waals surface area contributed by atoms with Gasteiger partial charge in [0.2, 0.25) is 5.91 Å². The number of rotatable bonds is 8. The number of carbonyl (C=O) groups excluding carboxylic acids is 2. The zero-order valence-electron chi connectivity index (χ0n) is 13.0. The molecular weight excluding hydrogens is 268 g/mol. The Balaban J connectivity index is 2.51. The average Bonchev–Trinajstić information content (AvgIpc) is 2.49. The number of hydrogen-bond acceptors (Lipinski definition) is 4. The Morgan fingerprint density at radius 1 is 1.24 bits per heavy atom. The molecule has 0 aromatic heterocycles. The Labute approximate surface area is 126 Å². The van der Waals surface area contributed by atoms with Crippen molar-refractivity contribution < 1.29 is 14.3 Å². The number of para-hydroxylation sites is 1. The number of anilines is 1. The standard InChI is InChI=1S/C16H24N2O3/c1-13(2)12-18(10-9-16(20)21-3)15(19)11-17-14-7-5-4-6-8-14/h4-8,13,17H,9-12H2,1-3H3. The second-order valence-electron chi connectivity index (χ2n) is 5.28. The topological polar surface area (TPSA) is 58.6 Å². The maximum absolute atomic E-state index is 12.3. The lowest BCUT2D eigenvalue weighted by Gasteiger charge is -2.24. The lowest BCUT2D eigenvalue weighted by Crippen LogP contribution is -2.39. The fourth-order valence-corrected chi connectivity index (χ4v) is 1.93. The first-order valence-corrected chi connectivity index (χ1v) is 7.16. The van der Waals surface area contributed by atoms with E-state index in [4.69, 9.17) is 0 Å². The molecule has 0 atom stereocenters. The van der Waals surface area contributed by atoms with Gasteiger partial charge in [-0.15, -0.1) is 0 Å². The van der Waals surface area contributed by atoms with Crippen molar-refractivity contribution in [3.63, 3.8) is 0 Å². The minimum Gasteiger partial charge on any atom is -0.469 e. The molecule has 21 heavy (non-hydrogen) atoms. The maximum Gasteiger partial charge on any atom is 0.307 e. The molecule has 0 aliphatic carbocycles. The molecule has 0 fully saturated rings. The normalized spacial score (nSPS) is 10.3. The second kappa shape index (κ2) is 9.00. The quantitative estimate of drug-likeness (QED) is 0.746. The highest BCUT2D eigenvalue weighted by Crippen LogP contribution is 2.06. The van der Waals surface area contributed by atoms with Gasteiger partial charge in [-0.3, -0.25) is 9.59 Å². The first-order chi connectivity index (χ1) is 10.0. The Hall–Kier alpha value is -2.04. The van der Waals surface area contributed by atoms with Crippen LogP contribution < -0.4 is 5.32 Å². The Kier molecular flexibility index (Phi) is 7.29. The van der Waals surface area contributed by atoms with Crippen LogP contribution in [0.5, 0.6) is 0 Å². The molecule has 1 aromatic rings. The van der Waals surface area contributed by atoms with Crippen molar-refractivity contribution in [2.75, 3.05) is 32.1 Å². The lowest BCUT2D eigenvalue weighted by atomic mass is 10.2. The van der Waals surface area contributed by atoms with Gasteiger partial charge in [0.15, 0.2) is 0 Å². The van der Waals surface area contributed by atoms with Crippen LogP contribution in [0.4, 0.5) is 5.69 Å². The first-order valence-electron chi connectivity index (χ1n) is 7.16. The molecule has 116 valence electrons. The number of carbonyl (C=O) groups is 2. The Morgan fingerprint density at radius 3 is 2.48 bits per heavy atom. The average molecular weight is 292 g/mol. The fraction of sp³-hybridized carbons (Fsp3) is 0.500. The van der Waals surface area contributed by atoms with Gasteiger partial charge in [-0.05, 0) is 18.1 Å². The van der Waals surface area contributed by atoms with E-state index in [2.05, 4.69) is 10.1 Å². The van der Waals surface area contributed by atoms with Crippen LogP contribution >= 0.6 is 0 Å². The van der Waals surface area contributed by atoms with Crippen molar-refractivity contribution in [3.8, 4) is 0 Å². The number of amides is 1. The molecule has 0 spiro atoms.